The summed E-state index contributed by atoms with van der Waals surface area (Å²) in [4.78, 5) is 9.60. The Kier molecular flexibility index (Phi) is 5.68. The second kappa shape index (κ2) is 5.95. The van der Waals surface area contributed by atoms with Gasteiger partial charge in [-0.2, -0.15) is 0 Å². The number of carbonyl (C=O) groups is 1. The molecule has 1 heterocycles. The van der Waals surface area contributed by atoms with Crippen molar-refractivity contribution in [1.82, 2.24) is 5.32 Å². The maximum absolute atomic E-state index is 9.60. The highest BCUT2D eigenvalue weighted by Gasteiger charge is 2.19. The summed E-state index contributed by atoms with van der Waals surface area (Å²) < 4.78 is 4.55. The third kappa shape index (κ3) is 6.82. The number of hydrogen-bond acceptors (Lipinski definition) is 5. The number of ether oxygens (including phenoxy) is 1. The van der Waals surface area contributed by atoms with E-state index in [1.54, 1.807) is 0 Å². The molecule has 1 saturated heterocycles. The summed E-state index contributed by atoms with van der Waals surface area (Å²) in [5.74, 6) is 0. The lowest BCUT2D eigenvalue weighted by Gasteiger charge is -2.14. The van der Waals surface area contributed by atoms with Crippen molar-refractivity contribution in [2.75, 3.05) is 13.1 Å². The minimum absolute atomic E-state index is 0.0417. The van der Waals surface area contributed by atoms with Crippen LogP contribution in [0.3, 0.4) is 0 Å². The molecule has 0 spiro atoms. The highest BCUT2D eigenvalue weighted by molar-refractivity contribution is 5.37. The minimum Gasteiger partial charge on any atom is -0.462 e. The monoisotopic (exact) mass is 204 g/mol. The van der Waals surface area contributed by atoms with Crippen LogP contribution in [0, 0.1) is 0 Å². The first-order valence-corrected chi connectivity index (χ1v) is 4.62. The molecule has 1 aliphatic rings. The standard InChI is InChI=1S/C5H10O2.C4H10N2O/c1-5(2,3)7-4-6;5-3-1-6-2-4(3)7/h4H,1-3H3;3-4,6-7H,1-2,5H2/t;3-,4-/m.1/s1. The second-order valence-electron chi connectivity index (χ2n) is 4.22. The van der Waals surface area contributed by atoms with Crippen LogP contribution in [0.4, 0.5) is 0 Å². The van der Waals surface area contributed by atoms with Gasteiger partial charge in [-0.25, -0.2) is 0 Å². The number of β-amino-alcohol motifs (C(OH)–C–C–N with tert-alkyl or cyclic N) is 1. The Labute approximate surface area is 84.6 Å². The fourth-order valence-corrected chi connectivity index (χ4v) is 0.830. The van der Waals surface area contributed by atoms with E-state index in [0.717, 1.165) is 6.54 Å². The Morgan fingerprint density at radius 2 is 2.07 bits per heavy atom. The zero-order chi connectivity index (χ0) is 11.2. The summed E-state index contributed by atoms with van der Waals surface area (Å²) >= 11 is 0. The Balaban J connectivity index is 0.000000241. The van der Waals surface area contributed by atoms with E-state index in [1.165, 1.54) is 0 Å². The molecule has 0 bridgehead atoms. The number of hydrogen-bond donors (Lipinski definition) is 3. The van der Waals surface area contributed by atoms with Crippen molar-refractivity contribution in [3.8, 4) is 0 Å². The summed E-state index contributed by atoms with van der Waals surface area (Å²) in [6.45, 7) is 7.33. The van der Waals surface area contributed by atoms with E-state index in [-0.39, 0.29) is 17.7 Å². The number of rotatable bonds is 1. The van der Waals surface area contributed by atoms with Gasteiger partial charge in [-0.15, -0.1) is 0 Å². The maximum atomic E-state index is 9.60. The molecule has 0 radical (unpaired) electrons. The molecule has 0 amide bonds. The average Bonchev–Trinajstić information content (AvgIpc) is 2.35. The number of aliphatic hydroxyl groups excluding tert-OH is 1. The first-order valence-electron chi connectivity index (χ1n) is 4.62. The number of nitrogens with two attached hydrogens (primary N) is 1. The van der Waals surface area contributed by atoms with E-state index >= 15 is 0 Å². The molecule has 5 heteroatoms. The molecule has 14 heavy (non-hydrogen) atoms. The topological polar surface area (TPSA) is 84.6 Å². The summed E-state index contributed by atoms with van der Waals surface area (Å²) in [6.07, 6.45) is -0.319. The van der Waals surface area contributed by atoms with Crippen molar-refractivity contribution in [3.05, 3.63) is 0 Å². The molecular formula is C9H20N2O3. The minimum atomic E-state index is -0.319. The smallest absolute Gasteiger partial charge is 0.293 e. The molecule has 0 aromatic heterocycles. The van der Waals surface area contributed by atoms with Crippen LogP contribution < -0.4 is 11.1 Å². The molecule has 0 aromatic carbocycles. The van der Waals surface area contributed by atoms with E-state index in [9.17, 15) is 4.79 Å². The van der Waals surface area contributed by atoms with E-state index in [0.29, 0.717) is 13.0 Å². The Bertz CT molecular complexity index is 160. The van der Waals surface area contributed by atoms with E-state index in [1.807, 2.05) is 20.8 Å². The number of carbonyl (C=O) groups excluding carboxylic acids is 1. The Morgan fingerprint density at radius 1 is 1.50 bits per heavy atom. The van der Waals surface area contributed by atoms with Crippen LogP contribution in [0.25, 0.3) is 0 Å². The predicted octanol–water partition coefficient (Wildman–Crippen LogP) is -0.764. The van der Waals surface area contributed by atoms with Crippen LogP contribution in [0.15, 0.2) is 0 Å². The fraction of sp³-hybridized carbons (Fsp3) is 0.889. The Morgan fingerprint density at radius 3 is 2.14 bits per heavy atom. The average molecular weight is 204 g/mol. The van der Waals surface area contributed by atoms with Crippen LogP contribution in [-0.4, -0.2) is 42.4 Å². The SMILES string of the molecule is CC(C)(C)OC=O.N[C@@H]1CNC[C@H]1O. The van der Waals surface area contributed by atoms with Crippen LogP contribution >= 0.6 is 0 Å². The Hall–Kier alpha value is -0.650. The van der Waals surface area contributed by atoms with Gasteiger partial charge in [0.05, 0.1) is 6.10 Å². The normalized spacial score (nSPS) is 26.4. The van der Waals surface area contributed by atoms with Crippen LogP contribution in [0.5, 0.6) is 0 Å². The number of nitrogens with one attached hydrogen (secondary N) is 1. The van der Waals surface area contributed by atoms with E-state index in [2.05, 4.69) is 10.1 Å². The lowest BCUT2D eigenvalue weighted by molar-refractivity contribution is -0.138. The van der Waals surface area contributed by atoms with Crippen molar-refractivity contribution in [3.63, 3.8) is 0 Å². The molecule has 0 aromatic rings. The van der Waals surface area contributed by atoms with Crippen molar-refractivity contribution >= 4 is 6.47 Å². The first kappa shape index (κ1) is 13.4. The van der Waals surface area contributed by atoms with Crippen LogP contribution in [-0.2, 0) is 9.53 Å². The molecule has 0 unspecified atom stereocenters. The van der Waals surface area contributed by atoms with Gasteiger partial charge >= 0.3 is 0 Å². The van der Waals surface area contributed by atoms with Gasteiger partial charge in [0.15, 0.2) is 0 Å². The quantitative estimate of drug-likeness (QED) is 0.489. The van der Waals surface area contributed by atoms with E-state index in [4.69, 9.17) is 10.8 Å². The molecule has 5 nitrogen and oxygen atoms in total. The molecule has 2 atom stereocenters. The van der Waals surface area contributed by atoms with Crippen molar-refractivity contribution < 1.29 is 14.6 Å². The van der Waals surface area contributed by atoms with Crippen LogP contribution in [0.2, 0.25) is 0 Å². The molecule has 0 aliphatic carbocycles. The summed E-state index contributed by atoms with van der Waals surface area (Å²) in [5.41, 5.74) is 5.05. The zero-order valence-electron chi connectivity index (χ0n) is 8.99. The van der Waals surface area contributed by atoms with Crippen molar-refractivity contribution in [1.29, 1.82) is 0 Å². The first-order chi connectivity index (χ1) is 6.37. The summed E-state index contributed by atoms with van der Waals surface area (Å²) in [6, 6.07) is -0.0417. The lowest BCUT2D eigenvalue weighted by Crippen LogP contribution is -2.32. The molecule has 1 rings (SSSR count). The molecular weight excluding hydrogens is 184 g/mol. The van der Waals surface area contributed by atoms with Gasteiger partial charge in [0.25, 0.3) is 6.47 Å². The van der Waals surface area contributed by atoms with Gasteiger partial charge in [0, 0.05) is 19.1 Å². The summed E-state index contributed by atoms with van der Waals surface area (Å²) in [5, 5.41) is 11.8. The molecule has 84 valence electrons. The second-order valence-corrected chi connectivity index (χ2v) is 4.22. The lowest BCUT2D eigenvalue weighted by atomic mass is 10.2. The fourth-order valence-electron chi connectivity index (χ4n) is 0.830. The predicted molar refractivity (Wildman–Crippen MR) is 53.8 cm³/mol. The van der Waals surface area contributed by atoms with E-state index < -0.39 is 0 Å². The van der Waals surface area contributed by atoms with Gasteiger partial charge < -0.3 is 20.9 Å². The zero-order valence-corrected chi connectivity index (χ0v) is 8.99. The third-order valence-electron chi connectivity index (χ3n) is 1.63. The molecule has 4 N–H and O–H groups in total. The molecule has 0 saturated carbocycles. The third-order valence-corrected chi connectivity index (χ3v) is 1.63. The largest absolute Gasteiger partial charge is 0.462 e. The molecule has 1 fully saturated rings. The van der Waals surface area contributed by atoms with Crippen molar-refractivity contribution in [2.45, 2.75) is 38.5 Å². The van der Waals surface area contributed by atoms with Crippen molar-refractivity contribution in [2.24, 2.45) is 5.73 Å². The maximum Gasteiger partial charge on any atom is 0.293 e. The molecule has 1 aliphatic heterocycles. The van der Waals surface area contributed by atoms with Crippen LogP contribution in [0.1, 0.15) is 20.8 Å². The van der Waals surface area contributed by atoms with Gasteiger partial charge in [-0.3, -0.25) is 4.79 Å². The van der Waals surface area contributed by atoms with Gasteiger partial charge in [0.1, 0.15) is 5.60 Å². The highest BCUT2D eigenvalue weighted by Crippen LogP contribution is 2.02. The summed E-state index contributed by atoms with van der Waals surface area (Å²) in [7, 11) is 0. The van der Waals surface area contributed by atoms with Gasteiger partial charge in [0.2, 0.25) is 0 Å². The van der Waals surface area contributed by atoms with Gasteiger partial charge in [-0.1, -0.05) is 0 Å². The van der Waals surface area contributed by atoms with Gasteiger partial charge in [-0.05, 0) is 20.8 Å². The highest BCUT2D eigenvalue weighted by atomic mass is 16.5. The number of aliphatic hydroxyl groups is 1.